The van der Waals surface area contributed by atoms with Crippen LogP contribution in [-0.2, 0) is 4.79 Å². The second kappa shape index (κ2) is 9.40. The number of amidine groups is 2. The Morgan fingerprint density at radius 1 is 1.03 bits per heavy atom. The van der Waals surface area contributed by atoms with E-state index < -0.39 is 5.91 Å². The number of carbonyl (C=O) groups is 1. The Balaban J connectivity index is 1.35. The number of ether oxygens (including phenoxy) is 2. The second-order valence-corrected chi connectivity index (χ2v) is 8.50. The number of fused-ring (bicyclic) bond motifs is 1. The third-order valence-corrected chi connectivity index (χ3v) is 5.86. The summed E-state index contributed by atoms with van der Waals surface area (Å²) >= 11 is 1.33. The number of hydrogen-bond acceptors (Lipinski definition) is 6. The molecule has 0 saturated carbocycles. The molecule has 0 bridgehead atoms. The molecule has 8 heteroatoms. The second-order valence-electron chi connectivity index (χ2n) is 7.46. The van der Waals surface area contributed by atoms with E-state index in [4.69, 9.17) is 14.9 Å². The fourth-order valence-electron chi connectivity index (χ4n) is 3.34. The summed E-state index contributed by atoms with van der Waals surface area (Å²) in [6, 6.07) is 13.4. The van der Waals surface area contributed by atoms with Crippen LogP contribution in [0.3, 0.4) is 0 Å². The summed E-state index contributed by atoms with van der Waals surface area (Å²) in [6.07, 6.45) is 2.39. The van der Waals surface area contributed by atoms with Gasteiger partial charge in [-0.05, 0) is 79.1 Å². The van der Waals surface area contributed by atoms with E-state index in [2.05, 4.69) is 16.2 Å². The number of carbonyl (C=O) groups excluding carboxylic acids is 1. The third-order valence-electron chi connectivity index (χ3n) is 4.81. The normalized spacial score (nSPS) is 16.7. The number of amides is 1. The number of thioether (sulfide) groups is 1. The summed E-state index contributed by atoms with van der Waals surface area (Å²) in [5.74, 6) is 1.16. The van der Waals surface area contributed by atoms with E-state index in [0.717, 1.165) is 33.9 Å². The first-order chi connectivity index (χ1) is 15.4. The number of hydrogen-bond donors (Lipinski definition) is 1. The SMILES string of the molecule is CCC1=NN2C(=N)/C(=C/c3ccc(OCCOc4cc(C)cc(C)c4)cc3)C(=O)N=C2S1. The molecule has 32 heavy (non-hydrogen) atoms. The molecular formula is C24H24N4O3S. The molecule has 0 saturated heterocycles. The lowest BCUT2D eigenvalue weighted by molar-refractivity contribution is -0.114. The third kappa shape index (κ3) is 4.91. The van der Waals surface area contributed by atoms with Gasteiger partial charge in [0, 0.05) is 0 Å². The van der Waals surface area contributed by atoms with Crippen molar-refractivity contribution in [2.45, 2.75) is 27.2 Å². The maximum Gasteiger partial charge on any atom is 0.283 e. The molecule has 4 rings (SSSR count). The zero-order chi connectivity index (χ0) is 22.7. The molecule has 2 aromatic carbocycles. The molecule has 0 radical (unpaired) electrons. The van der Waals surface area contributed by atoms with E-state index >= 15 is 0 Å². The predicted octanol–water partition coefficient (Wildman–Crippen LogP) is 4.79. The van der Waals surface area contributed by atoms with Gasteiger partial charge in [-0.2, -0.15) is 15.1 Å². The zero-order valence-electron chi connectivity index (χ0n) is 18.2. The molecule has 7 nitrogen and oxygen atoms in total. The van der Waals surface area contributed by atoms with Crippen molar-refractivity contribution < 1.29 is 14.3 Å². The van der Waals surface area contributed by atoms with Crippen molar-refractivity contribution in [2.24, 2.45) is 10.1 Å². The number of benzene rings is 2. The van der Waals surface area contributed by atoms with Gasteiger partial charge in [0.05, 0.1) is 5.57 Å². The topological polar surface area (TPSA) is 87.3 Å². The number of nitrogens with one attached hydrogen (secondary N) is 1. The van der Waals surface area contributed by atoms with Crippen LogP contribution < -0.4 is 9.47 Å². The largest absolute Gasteiger partial charge is 0.490 e. The molecule has 2 aliphatic rings. The van der Waals surface area contributed by atoms with Crippen LogP contribution in [0.15, 0.2) is 58.1 Å². The van der Waals surface area contributed by atoms with E-state index in [-0.39, 0.29) is 11.4 Å². The fraction of sp³-hybridized carbons (Fsp3) is 0.250. The molecule has 0 spiro atoms. The summed E-state index contributed by atoms with van der Waals surface area (Å²) in [7, 11) is 0. The number of nitrogens with zero attached hydrogens (tertiary/aromatic N) is 3. The molecule has 0 aromatic heterocycles. The molecule has 0 aliphatic carbocycles. The highest BCUT2D eigenvalue weighted by Gasteiger charge is 2.34. The van der Waals surface area contributed by atoms with E-state index in [9.17, 15) is 4.79 Å². The molecular weight excluding hydrogens is 424 g/mol. The van der Waals surface area contributed by atoms with E-state index in [1.165, 1.54) is 16.8 Å². The number of rotatable bonds is 7. The van der Waals surface area contributed by atoms with Gasteiger partial charge in [-0.3, -0.25) is 10.2 Å². The molecule has 2 heterocycles. The van der Waals surface area contributed by atoms with Gasteiger partial charge in [0.2, 0.25) is 5.17 Å². The number of aryl methyl sites for hydroxylation is 2. The van der Waals surface area contributed by atoms with Crippen molar-refractivity contribution in [3.05, 3.63) is 64.7 Å². The van der Waals surface area contributed by atoms with Crippen molar-refractivity contribution >= 4 is 39.8 Å². The monoisotopic (exact) mass is 448 g/mol. The standard InChI is InChI=1S/C24H24N4O3S/c1-4-21-27-28-22(25)20(23(29)26-24(28)32-21)14-17-5-7-18(8-6-17)30-9-10-31-19-12-15(2)11-16(3)13-19/h5-8,11-14,25H,4,9-10H2,1-3H3/b20-14-,25-22?. The van der Waals surface area contributed by atoms with Gasteiger partial charge in [-0.1, -0.05) is 25.1 Å². The summed E-state index contributed by atoms with van der Waals surface area (Å²) in [5.41, 5.74) is 3.32. The van der Waals surface area contributed by atoms with Crippen LogP contribution in [0.4, 0.5) is 0 Å². The zero-order valence-corrected chi connectivity index (χ0v) is 19.0. The average Bonchev–Trinajstić information content (AvgIpc) is 3.18. The molecule has 2 aromatic rings. The Kier molecular flexibility index (Phi) is 6.41. The molecule has 164 valence electrons. The Morgan fingerprint density at radius 3 is 2.34 bits per heavy atom. The highest BCUT2D eigenvalue weighted by Crippen LogP contribution is 2.29. The lowest BCUT2D eigenvalue weighted by Crippen LogP contribution is -2.35. The maximum atomic E-state index is 12.4. The summed E-state index contributed by atoms with van der Waals surface area (Å²) in [4.78, 5) is 16.5. The van der Waals surface area contributed by atoms with Crippen LogP contribution in [0.5, 0.6) is 11.5 Å². The lowest BCUT2D eigenvalue weighted by atomic mass is 10.1. The van der Waals surface area contributed by atoms with E-state index in [1.54, 1.807) is 6.08 Å². The molecule has 0 fully saturated rings. The van der Waals surface area contributed by atoms with Crippen LogP contribution in [0.1, 0.15) is 30.0 Å². The number of aliphatic imine (C=N–C) groups is 1. The maximum absolute atomic E-state index is 12.4. The molecule has 2 aliphatic heterocycles. The van der Waals surface area contributed by atoms with Crippen molar-refractivity contribution in [1.29, 1.82) is 5.41 Å². The minimum atomic E-state index is -0.426. The highest BCUT2D eigenvalue weighted by molar-refractivity contribution is 8.26. The summed E-state index contributed by atoms with van der Waals surface area (Å²) in [6.45, 7) is 6.92. The predicted molar refractivity (Wildman–Crippen MR) is 129 cm³/mol. The first-order valence-corrected chi connectivity index (χ1v) is 11.2. The minimum Gasteiger partial charge on any atom is -0.490 e. The highest BCUT2D eigenvalue weighted by atomic mass is 32.2. The van der Waals surface area contributed by atoms with E-state index in [0.29, 0.717) is 24.1 Å². The van der Waals surface area contributed by atoms with Gasteiger partial charge < -0.3 is 9.47 Å². The Labute approximate surface area is 191 Å². The molecule has 1 N–H and O–H groups in total. The van der Waals surface area contributed by atoms with Gasteiger partial charge in [0.15, 0.2) is 5.84 Å². The van der Waals surface area contributed by atoms with Gasteiger partial charge in [0.25, 0.3) is 5.91 Å². The van der Waals surface area contributed by atoms with Crippen molar-refractivity contribution in [2.75, 3.05) is 13.2 Å². The molecule has 0 unspecified atom stereocenters. The Hall–Kier alpha value is -3.39. The molecule has 1 amide bonds. The van der Waals surface area contributed by atoms with Gasteiger partial charge >= 0.3 is 0 Å². The van der Waals surface area contributed by atoms with Gasteiger partial charge in [-0.25, -0.2) is 0 Å². The smallest absolute Gasteiger partial charge is 0.283 e. The van der Waals surface area contributed by atoms with Gasteiger partial charge in [0.1, 0.15) is 29.8 Å². The van der Waals surface area contributed by atoms with Crippen molar-refractivity contribution in [3.63, 3.8) is 0 Å². The first-order valence-electron chi connectivity index (χ1n) is 10.4. The number of hydrazone groups is 1. The molecule has 0 atom stereocenters. The van der Waals surface area contributed by atoms with Crippen LogP contribution in [0, 0.1) is 19.3 Å². The van der Waals surface area contributed by atoms with E-state index in [1.807, 2.05) is 57.2 Å². The lowest BCUT2D eigenvalue weighted by Gasteiger charge is -2.20. The average molecular weight is 449 g/mol. The van der Waals surface area contributed by atoms with Crippen molar-refractivity contribution in [3.8, 4) is 11.5 Å². The van der Waals surface area contributed by atoms with Gasteiger partial charge in [-0.15, -0.1) is 0 Å². The van der Waals surface area contributed by atoms with Crippen LogP contribution >= 0.6 is 11.8 Å². The Morgan fingerprint density at radius 2 is 1.69 bits per heavy atom. The van der Waals surface area contributed by atoms with Crippen LogP contribution in [0.25, 0.3) is 6.08 Å². The summed E-state index contributed by atoms with van der Waals surface area (Å²) in [5, 5.41) is 15.4. The van der Waals surface area contributed by atoms with Crippen molar-refractivity contribution in [1.82, 2.24) is 5.01 Å². The fourth-order valence-corrected chi connectivity index (χ4v) is 4.16. The quantitative estimate of drug-likeness (QED) is 0.486. The Bertz CT molecular complexity index is 1130. The van der Waals surface area contributed by atoms with Crippen LogP contribution in [-0.4, -0.2) is 40.2 Å². The first kappa shape index (κ1) is 21.8. The van der Waals surface area contributed by atoms with Crippen LogP contribution in [0.2, 0.25) is 0 Å². The summed E-state index contributed by atoms with van der Waals surface area (Å²) < 4.78 is 11.5. The minimum absolute atomic E-state index is 0.0415.